The second-order valence-electron chi connectivity index (χ2n) is 5.96. The van der Waals surface area contributed by atoms with E-state index >= 15 is 0 Å². The Kier molecular flexibility index (Phi) is 5.38. The summed E-state index contributed by atoms with van der Waals surface area (Å²) < 4.78 is 13.2. The topological polar surface area (TPSA) is 12.0 Å². The minimum atomic E-state index is -0.131. The lowest BCUT2D eigenvalue weighted by Crippen LogP contribution is -2.43. The zero-order valence-corrected chi connectivity index (χ0v) is 12.2. The molecule has 0 aromatic heterocycles. The fraction of sp³-hybridized carbons (Fsp3) is 0.647. The molecule has 1 nitrogen and oxygen atoms in total. The Hall–Kier alpha value is -0.890. The van der Waals surface area contributed by atoms with Crippen LogP contribution >= 0.6 is 0 Å². The number of rotatable bonds is 5. The zero-order chi connectivity index (χ0) is 13.7. The van der Waals surface area contributed by atoms with Crippen molar-refractivity contribution in [2.45, 2.75) is 64.5 Å². The molecule has 1 aliphatic rings. The van der Waals surface area contributed by atoms with Crippen molar-refractivity contribution in [1.29, 1.82) is 0 Å². The Morgan fingerprint density at radius 3 is 2.84 bits per heavy atom. The summed E-state index contributed by atoms with van der Waals surface area (Å²) in [5.41, 5.74) is 1.09. The zero-order valence-electron chi connectivity index (χ0n) is 12.2. The first-order valence-corrected chi connectivity index (χ1v) is 7.69. The van der Waals surface area contributed by atoms with Gasteiger partial charge in [-0.25, -0.2) is 4.39 Å². The van der Waals surface area contributed by atoms with Crippen molar-refractivity contribution in [2.24, 2.45) is 5.92 Å². The van der Waals surface area contributed by atoms with E-state index in [0.29, 0.717) is 12.1 Å². The van der Waals surface area contributed by atoms with Gasteiger partial charge in [0.15, 0.2) is 0 Å². The molecule has 1 N–H and O–H groups in total. The highest BCUT2D eigenvalue weighted by atomic mass is 19.1. The molecule has 19 heavy (non-hydrogen) atoms. The molecule has 1 aromatic carbocycles. The summed E-state index contributed by atoms with van der Waals surface area (Å²) in [5, 5.41) is 3.77. The summed E-state index contributed by atoms with van der Waals surface area (Å²) in [5.74, 6) is 0.692. The van der Waals surface area contributed by atoms with Gasteiger partial charge in [-0.15, -0.1) is 0 Å². The molecule has 2 heteroatoms. The van der Waals surface area contributed by atoms with E-state index in [1.807, 2.05) is 6.07 Å². The summed E-state index contributed by atoms with van der Waals surface area (Å²) in [6.07, 6.45) is 7.57. The first-order chi connectivity index (χ1) is 9.19. The van der Waals surface area contributed by atoms with Crippen LogP contribution < -0.4 is 5.32 Å². The van der Waals surface area contributed by atoms with Crippen molar-refractivity contribution in [1.82, 2.24) is 5.32 Å². The third-order valence-corrected chi connectivity index (χ3v) is 4.36. The highest BCUT2D eigenvalue weighted by molar-refractivity contribution is 5.17. The molecular formula is C17H26FN. The summed E-state index contributed by atoms with van der Waals surface area (Å²) >= 11 is 0. The van der Waals surface area contributed by atoms with Crippen LogP contribution in [-0.2, 0) is 6.42 Å². The fourth-order valence-electron chi connectivity index (χ4n) is 3.36. The van der Waals surface area contributed by atoms with Crippen molar-refractivity contribution in [2.75, 3.05) is 0 Å². The lowest BCUT2D eigenvalue weighted by molar-refractivity contribution is 0.239. The van der Waals surface area contributed by atoms with E-state index < -0.39 is 0 Å². The second kappa shape index (κ2) is 7.04. The molecule has 3 unspecified atom stereocenters. The van der Waals surface area contributed by atoms with Crippen molar-refractivity contribution >= 4 is 0 Å². The molecule has 2 rings (SSSR count). The van der Waals surface area contributed by atoms with Crippen LogP contribution in [0.3, 0.4) is 0 Å². The molecule has 0 amide bonds. The van der Waals surface area contributed by atoms with E-state index in [9.17, 15) is 4.39 Å². The molecule has 0 bridgehead atoms. The van der Waals surface area contributed by atoms with Gasteiger partial charge in [-0.1, -0.05) is 38.3 Å². The summed E-state index contributed by atoms with van der Waals surface area (Å²) in [6, 6.07) is 8.04. The van der Waals surface area contributed by atoms with Crippen molar-refractivity contribution in [3.8, 4) is 0 Å². The van der Waals surface area contributed by atoms with E-state index in [1.165, 1.54) is 38.2 Å². The molecule has 0 aliphatic heterocycles. The van der Waals surface area contributed by atoms with E-state index in [0.717, 1.165) is 17.9 Å². The maximum atomic E-state index is 13.2. The Balaban J connectivity index is 1.87. The van der Waals surface area contributed by atoms with Gasteiger partial charge >= 0.3 is 0 Å². The lowest BCUT2D eigenvalue weighted by Gasteiger charge is -2.34. The van der Waals surface area contributed by atoms with Crippen LogP contribution in [0.25, 0.3) is 0 Å². The highest BCUT2D eigenvalue weighted by Crippen LogP contribution is 2.27. The van der Waals surface area contributed by atoms with Crippen molar-refractivity contribution in [3.05, 3.63) is 35.6 Å². The lowest BCUT2D eigenvalue weighted by atomic mass is 9.82. The first-order valence-electron chi connectivity index (χ1n) is 7.69. The van der Waals surface area contributed by atoms with Gasteiger partial charge < -0.3 is 5.32 Å². The van der Waals surface area contributed by atoms with Gasteiger partial charge in [-0.3, -0.25) is 0 Å². The molecule has 1 aromatic rings. The molecule has 106 valence electrons. The molecule has 0 saturated heterocycles. The number of hydrogen-bond acceptors (Lipinski definition) is 1. The van der Waals surface area contributed by atoms with Crippen LogP contribution in [0, 0.1) is 11.7 Å². The summed E-state index contributed by atoms with van der Waals surface area (Å²) in [6.45, 7) is 4.51. The van der Waals surface area contributed by atoms with Crippen molar-refractivity contribution in [3.63, 3.8) is 0 Å². The maximum absolute atomic E-state index is 13.2. The molecule has 3 atom stereocenters. The monoisotopic (exact) mass is 263 g/mol. The third kappa shape index (κ3) is 4.31. The Morgan fingerprint density at radius 1 is 1.32 bits per heavy atom. The van der Waals surface area contributed by atoms with Crippen molar-refractivity contribution < 1.29 is 4.39 Å². The third-order valence-electron chi connectivity index (χ3n) is 4.36. The van der Waals surface area contributed by atoms with Gasteiger partial charge in [0.25, 0.3) is 0 Å². The largest absolute Gasteiger partial charge is 0.311 e. The second-order valence-corrected chi connectivity index (χ2v) is 5.96. The normalized spacial score (nSPS) is 25.2. The molecule has 0 radical (unpaired) electrons. The highest BCUT2D eigenvalue weighted by Gasteiger charge is 2.24. The maximum Gasteiger partial charge on any atom is 0.123 e. The predicted molar refractivity (Wildman–Crippen MR) is 78.7 cm³/mol. The number of halogens is 1. The van der Waals surface area contributed by atoms with Gasteiger partial charge in [0.05, 0.1) is 0 Å². The van der Waals surface area contributed by atoms with Gasteiger partial charge in [0, 0.05) is 12.1 Å². The summed E-state index contributed by atoms with van der Waals surface area (Å²) in [7, 11) is 0. The standard InChI is InChI=1S/C17H26FN/c1-3-15-8-4-5-10-17(15)19-13(2)11-14-7-6-9-16(18)12-14/h6-7,9,12-13,15,17,19H,3-5,8,10-11H2,1-2H3. The van der Waals surface area contributed by atoms with Gasteiger partial charge in [-0.05, 0) is 49.8 Å². The molecule has 0 spiro atoms. The Bertz CT molecular complexity index is 391. The summed E-state index contributed by atoms with van der Waals surface area (Å²) in [4.78, 5) is 0. The minimum absolute atomic E-state index is 0.131. The SMILES string of the molecule is CCC1CCCCC1NC(C)Cc1cccc(F)c1. The van der Waals surface area contributed by atoms with E-state index in [1.54, 1.807) is 12.1 Å². The van der Waals surface area contributed by atoms with Gasteiger partial charge in [0.1, 0.15) is 5.82 Å². The van der Waals surface area contributed by atoms with Gasteiger partial charge in [0.2, 0.25) is 0 Å². The molecule has 0 heterocycles. The number of hydrogen-bond donors (Lipinski definition) is 1. The van der Waals surface area contributed by atoms with Crippen LogP contribution in [0.2, 0.25) is 0 Å². The van der Waals surface area contributed by atoms with E-state index in [4.69, 9.17) is 0 Å². The average Bonchev–Trinajstić information content (AvgIpc) is 2.39. The number of nitrogens with one attached hydrogen (secondary N) is 1. The van der Waals surface area contributed by atoms with Crippen LogP contribution in [0.5, 0.6) is 0 Å². The van der Waals surface area contributed by atoms with Crippen LogP contribution in [0.4, 0.5) is 4.39 Å². The Labute approximate surface area is 116 Å². The van der Waals surface area contributed by atoms with Gasteiger partial charge in [-0.2, -0.15) is 0 Å². The molecule has 1 aliphatic carbocycles. The predicted octanol–water partition coefficient (Wildman–Crippen LogP) is 4.32. The van der Waals surface area contributed by atoms with E-state index in [-0.39, 0.29) is 5.82 Å². The molecule has 1 fully saturated rings. The fourth-order valence-corrected chi connectivity index (χ4v) is 3.36. The van der Waals surface area contributed by atoms with E-state index in [2.05, 4.69) is 19.2 Å². The van der Waals surface area contributed by atoms with Crippen LogP contribution in [0.1, 0.15) is 51.5 Å². The quantitative estimate of drug-likeness (QED) is 0.834. The molecule has 1 saturated carbocycles. The smallest absolute Gasteiger partial charge is 0.123 e. The van der Waals surface area contributed by atoms with Crippen LogP contribution in [-0.4, -0.2) is 12.1 Å². The first kappa shape index (κ1) is 14.5. The minimum Gasteiger partial charge on any atom is -0.311 e. The number of benzene rings is 1. The average molecular weight is 263 g/mol. The van der Waals surface area contributed by atoms with Crippen LogP contribution in [0.15, 0.2) is 24.3 Å². The Morgan fingerprint density at radius 2 is 2.11 bits per heavy atom. The molecular weight excluding hydrogens is 237 g/mol.